The van der Waals surface area contributed by atoms with Gasteiger partial charge in [0.2, 0.25) is 0 Å². The number of Topliss-reactive ketones (excluding diaryl/α,β-unsaturated/α-hetero) is 1. The van der Waals surface area contributed by atoms with Crippen molar-refractivity contribution < 1.29 is 14.7 Å². The van der Waals surface area contributed by atoms with Gasteiger partial charge < -0.3 is 10.0 Å². The van der Waals surface area contributed by atoms with Gasteiger partial charge in [-0.2, -0.15) is 0 Å². The van der Waals surface area contributed by atoms with Crippen LogP contribution in [0.2, 0.25) is 0 Å². The summed E-state index contributed by atoms with van der Waals surface area (Å²) in [5, 5.41) is 10.6. The zero-order chi connectivity index (χ0) is 19.8. The predicted molar refractivity (Wildman–Crippen MR) is 103 cm³/mol. The summed E-state index contributed by atoms with van der Waals surface area (Å²) in [6.45, 7) is 7.62. The molecule has 0 radical (unpaired) electrons. The van der Waals surface area contributed by atoms with E-state index in [-0.39, 0.29) is 17.9 Å². The van der Waals surface area contributed by atoms with Crippen LogP contribution < -0.4 is 0 Å². The molecule has 2 aromatic rings. The fourth-order valence-electron chi connectivity index (χ4n) is 3.32. The molecule has 1 aliphatic rings. The third-order valence-electron chi connectivity index (χ3n) is 4.69. The average Bonchev–Trinajstić information content (AvgIpc) is 2.86. The highest BCUT2D eigenvalue weighted by molar-refractivity contribution is 6.10. The molecule has 1 atom stereocenters. The molecule has 1 aromatic carbocycles. The topological polar surface area (TPSA) is 70.5 Å². The summed E-state index contributed by atoms with van der Waals surface area (Å²) in [5.74, 6) is -1.20. The van der Waals surface area contributed by atoms with Gasteiger partial charge in [0.25, 0.3) is 5.91 Å². The number of rotatable bonds is 4. The molecule has 1 unspecified atom stereocenters. The number of benzene rings is 1. The Morgan fingerprint density at radius 2 is 1.85 bits per heavy atom. The Hall–Kier alpha value is -2.95. The summed E-state index contributed by atoms with van der Waals surface area (Å²) in [4.78, 5) is 31.5. The van der Waals surface area contributed by atoms with Crippen LogP contribution in [0.15, 0.2) is 60.1 Å². The maximum atomic E-state index is 13.1. The van der Waals surface area contributed by atoms with Gasteiger partial charge in [0, 0.05) is 24.4 Å². The highest BCUT2D eigenvalue weighted by Crippen LogP contribution is 2.41. The van der Waals surface area contributed by atoms with Gasteiger partial charge in [0.05, 0.1) is 11.6 Å². The van der Waals surface area contributed by atoms with Crippen molar-refractivity contribution in [2.24, 2.45) is 5.41 Å². The Balaban J connectivity index is 2.11. The molecule has 1 N–H and O–H groups in total. The zero-order valence-electron chi connectivity index (χ0n) is 16.1. The van der Waals surface area contributed by atoms with E-state index in [0.717, 1.165) is 16.7 Å². The number of pyridine rings is 1. The number of aromatic nitrogens is 1. The van der Waals surface area contributed by atoms with Crippen molar-refractivity contribution in [3.63, 3.8) is 0 Å². The van der Waals surface area contributed by atoms with Gasteiger partial charge >= 0.3 is 0 Å². The second kappa shape index (κ2) is 6.99. The van der Waals surface area contributed by atoms with Crippen molar-refractivity contribution >= 4 is 11.7 Å². The van der Waals surface area contributed by atoms with Crippen molar-refractivity contribution in [3.05, 3.63) is 76.8 Å². The van der Waals surface area contributed by atoms with Crippen LogP contribution >= 0.6 is 0 Å². The molecule has 0 bridgehead atoms. The SMILES string of the molecule is Cc1cccc(C2C(C(=O)C(C)(C)C)=C(O)C(=O)N2Cc2ccncc2)c1. The monoisotopic (exact) mass is 364 g/mol. The van der Waals surface area contributed by atoms with Crippen LogP contribution in [0.5, 0.6) is 0 Å². The second-order valence-corrected chi connectivity index (χ2v) is 7.95. The standard InChI is InChI=1S/C22H24N2O3/c1-14-6-5-7-16(12-14)18-17(20(26)22(2,3)4)19(25)21(27)24(18)13-15-8-10-23-11-9-15/h5-12,18,25H,13H2,1-4H3. The van der Waals surface area contributed by atoms with E-state index >= 15 is 0 Å². The molecule has 1 aliphatic heterocycles. The molecular formula is C22H24N2O3. The number of hydrogen-bond donors (Lipinski definition) is 1. The number of ketones is 1. The Morgan fingerprint density at radius 3 is 2.44 bits per heavy atom. The minimum absolute atomic E-state index is 0.173. The minimum atomic E-state index is -0.710. The third-order valence-corrected chi connectivity index (χ3v) is 4.69. The lowest BCUT2D eigenvalue weighted by Gasteiger charge is -2.29. The molecule has 0 aliphatic carbocycles. The summed E-state index contributed by atoms with van der Waals surface area (Å²) >= 11 is 0. The molecule has 0 saturated carbocycles. The van der Waals surface area contributed by atoms with E-state index in [1.165, 1.54) is 0 Å². The van der Waals surface area contributed by atoms with Gasteiger partial charge in [-0.1, -0.05) is 50.6 Å². The van der Waals surface area contributed by atoms with Crippen LogP contribution in [0.25, 0.3) is 0 Å². The molecule has 5 heteroatoms. The van der Waals surface area contributed by atoms with E-state index in [4.69, 9.17) is 0 Å². The predicted octanol–water partition coefficient (Wildman–Crippen LogP) is 3.90. The molecule has 5 nitrogen and oxygen atoms in total. The number of aliphatic hydroxyl groups excluding tert-OH is 1. The average molecular weight is 364 g/mol. The molecule has 2 heterocycles. The fourth-order valence-corrected chi connectivity index (χ4v) is 3.32. The highest BCUT2D eigenvalue weighted by Gasteiger charge is 2.45. The molecule has 3 rings (SSSR count). The van der Waals surface area contributed by atoms with Crippen molar-refractivity contribution in [1.29, 1.82) is 0 Å². The quantitative estimate of drug-likeness (QED) is 0.893. The van der Waals surface area contributed by atoms with Crippen molar-refractivity contribution in [2.45, 2.75) is 40.3 Å². The van der Waals surface area contributed by atoms with Crippen molar-refractivity contribution in [3.8, 4) is 0 Å². The molecule has 1 amide bonds. The van der Waals surface area contributed by atoms with Crippen LogP contribution in [0, 0.1) is 12.3 Å². The molecule has 140 valence electrons. The van der Waals surface area contributed by atoms with Gasteiger partial charge in [0.15, 0.2) is 11.5 Å². The van der Waals surface area contributed by atoms with Gasteiger partial charge in [0.1, 0.15) is 0 Å². The first-order chi connectivity index (χ1) is 12.7. The summed E-state index contributed by atoms with van der Waals surface area (Å²) in [5.41, 5.74) is 2.19. The molecule has 1 aromatic heterocycles. The first kappa shape index (κ1) is 18.8. The largest absolute Gasteiger partial charge is 0.503 e. The zero-order valence-corrected chi connectivity index (χ0v) is 16.1. The maximum absolute atomic E-state index is 13.1. The van der Waals surface area contributed by atoms with Crippen molar-refractivity contribution in [2.75, 3.05) is 0 Å². The van der Waals surface area contributed by atoms with Gasteiger partial charge in [-0.3, -0.25) is 14.6 Å². The van der Waals surface area contributed by atoms with E-state index in [1.807, 2.05) is 43.3 Å². The smallest absolute Gasteiger partial charge is 0.290 e. The van der Waals surface area contributed by atoms with Gasteiger partial charge in [-0.15, -0.1) is 0 Å². The molecule has 27 heavy (non-hydrogen) atoms. The Bertz CT molecular complexity index is 911. The number of aryl methyl sites for hydroxylation is 1. The third kappa shape index (κ3) is 3.63. The van der Waals surface area contributed by atoms with Crippen molar-refractivity contribution in [1.82, 2.24) is 9.88 Å². The van der Waals surface area contributed by atoms with E-state index in [9.17, 15) is 14.7 Å². The second-order valence-electron chi connectivity index (χ2n) is 7.95. The summed E-state index contributed by atoms with van der Waals surface area (Å²) in [6, 6.07) is 10.7. The molecule has 0 fully saturated rings. The number of carbonyl (C=O) groups is 2. The minimum Gasteiger partial charge on any atom is -0.503 e. The Labute approximate surface area is 159 Å². The summed E-state index contributed by atoms with van der Waals surface area (Å²) < 4.78 is 0. The van der Waals surface area contributed by atoms with E-state index < -0.39 is 23.1 Å². The van der Waals surface area contributed by atoms with Crippen LogP contribution in [-0.2, 0) is 16.1 Å². The maximum Gasteiger partial charge on any atom is 0.290 e. The van der Waals surface area contributed by atoms with Crippen LogP contribution in [0.3, 0.4) is 0 Å². The van der Waals surface area contributed by atoms with E-state index in [1.54, 1.807) is 38.1 Å². The molecule has 0 saturated heterocycles. The van der Waals surface area contributed by atoms with Crippen LogP contribution in [-0.4, -0.2) is 26.7 Å². The highest BCUT2D eigenvalue weighted by atomic mass is 16.3. The van der Waals surface area contributed by atoms with Crippen LogP contribution in [0.1, 0.15) is 43.5 Å². The number of hydrogen-bond acceptors (Lipinski definition) is 4. The van der Waals surface area contributed by atoms with E-state index in [2.05, 4.69) is 4.98 Å². The number of aliphatic hydroxyl groups is 1. The lowest BCUT2D eigenvalue weighted by atomic mass is 9.82. The molecular weight excluding hydrogens is 340 g/mol. The number of carbonyl (C=O) groups excluding carboxylic acids is 2. The normalized spacial score (nSPS) is 17.6. The summed E-state index contributed by atoms with van der Waals surface area (Å²) in [6.07, 6.45) is 3.32. The summed E-state index contributed by atoms with van der Waals surface area (Å²) in [7, 11) is 0. The van der Waals surface area contributed by atoms with Gasteiger partial charge in [-0.05, 0) is 30.2 Å². The Kier molecular flexibility index (Phi) is 4.87. The van der Waals surface area contributed by atoms with Gasteiger partial charge in [-0.25, -0.2) is 0 Å². The van der Waals surface area contributed by atoms with Crippen LogP contribution in [0.4, 0.5) is 0 Å². The Morgan fingerprint density at radius 1 is 1.19 bits per heavy atom. The molecule has 0 spiro atoms. The lowest BCUT2D eigenvalue weighted by molar-refractivity contribution is -0.130. The fraction of sp³-hybridized carbons (Fsp3) is 0.318. The first-order valence-corrected chi connectivity index (χ1v) is 8.94. The van der Waals surface area contributed by atoms with E-state index in [0.29, 0.717) is 0 Å². The number of nitrogens with zero attached hydrogens (tertiary/aromatic N) is 2. The lowest BCUT2D eigenvalue weighted by Crippen LogP contribution is -2.32. The number of amides is 1. The first-order valence-electron chi connectivity index (χ1n) is 8.94.